The number of benzene rings is 3. The predicted molar refractivity (Wildman–Crippen MR) is 131 cm³/mol. The molecule has 0 saturated heterocycles. The molecule has 4 nitrogen and oxygen atoms in total. The summed E-state index contributed by atoms with van der Waals surface area (Å²) in [5, 5.41) is 2.38. The fourth-order valence-corrected chi connectivity index (χ4v) is 3.53. The molecule has 0 aromatic heterocycles. The van der Waals surface area contributed by atoms with Crippen molar-refractivity contribution in [3.8, 4) is 5.75 Å². The minimum atomic E-state index is -0.802. The molecule has 0 aliphatic carbocycles. The number of amides is 1. The number of ether oxygens (including phenoxy) is 1. The number of nitrogens with zero attached hydrogens (tertiary/aromatic N) is 1. The minimum Gasteiger partial charge on any atom is -0.463 e. The Hall–Kier alpha value is -4.05. The molecule has 0 bridgehead atoms. The zero-order valence-corrected chi connectivity index (χ0v) is 18.2. The van der Waals surface area contributed by atoms with Crippen LogP contribution in [0, 0.1) is 4.91 Å². The Kier molecular flexibility index (Phi) is 7.65. The zero-order valence-electron chi connectivity index (χ0n) is 18.2. The van der Waals surface area contributed by atoms with Crippen LogP contribution < -0.4 is 4.74 Å². The summed E-state index contributed by atoms with van der Waals surface area (Å²) in [7, 11) is 0. The first-order valence-corrected chi connectivity index (χ1v) is 10.4. The Morgan fingerprint density at radius 1 is 0.906 bits per heavy atom. The Balaban J connectivity index is 2.10. The number of allylic oxidation sites excluding steroid dienone is 2. The van der Waals surface area contributed by atoms with E-state index in [1.54, 1.807) is 6.08 Å². The molecule has 0 heterocycles. The molecule has 0 unspecified atom stereocenters. The van der Waals surface area contributed by atoms with E-state index in [0.29, 0.717) is 5.76 Å². The molecule has 0 radical (unpaired) electrons. The Morgan fingerprint density at radius 2 is 1.50 bits per heavy atom. The molecule has 3 rings (SSSR count). The smallest absolute Gasteiger partial charge is 0.309 e. The SMILES string of the molecule is C=C(C)Oc1ccc(/C(=C(/CC)c2ccccc2)c2ccc(/C=C/C(=O)N=O)cc2)cc1. The molecule has 1 amide bonds. The number of hydrogen-bond donors (Lipinski definition) is 0. The van der Waals surface area contributed by atoms with Crippen molar-refractivity contribution >= 4 is 23.1 Å². The van der Waals surface area contributed by atoms with Crippen LogP contribution in [0.25, 0.3) is 17.2 Å². The first-order chi connectivity index (χ1) is 15.5. The molecule has 0 N–H and O–H groups in total. The summed E-state index contributed by atoms with van der Waals surface area (Å²) in [6.07, 6.45) is 3.60. The van der Waals surface area contributed by atoms with Crippen LogP contribution in [-0.2, 0) is 4.79 Å². The average molecular weight is 424 g/mol. The number of nitroso groups, excluding NO2 is 1. The van der Waals surface area contributed by atoms with Gasteiger partial charge in [-0.15, -0.1) is 4.91 Å². The van der Waals surface area contributed by atoms with Gasteiger partial charge in [0.2, 0.25) is 0 Å². The highest BCUT2D eigenvalue weighted by atomic mass is 16.5. The lowest BCUT2D eigenvalue weighted by molar-refractivity contribution is -0.113. The summed E-state index contributed by atoms with van der Waals surface area (Å²) in [5.41, 5.74) is 6.45. The van der Waals surface area contributed by atoms with E-state index in [4.69, 9.17) is 4.74 Å². The molecule has 32 heavy (non-hydrogen) atoms. The largest absolute Gasteiger partial charge is 0.463 e. The van der Waals surface area contributed by atoms with Crippen molar-refractivity contribution in [2.75, 3.05) is 0 Å². The number of hydrogen-bond acceptors (Lipinski definition) is 3. The van der Waals surface area contributed by atoms with Crippen molar-refractivity contribution < 1.29 is 9.53 Å². The number of rotatable bonds is 8. The van der Waals surface area contributed by atoms with E-state index in [0.717, 1.165) is 34.4 Å². The van der Waals surface area contributed by atoms with Crippen LogP contribution in [0.1, 0.15) is 42.5 Å². The predicted octanol–water partition coefficient (Wildman–Crippen LogP) is 7.27. The van der Waals surface area contributed by atoms with Crippen LogP contribution in [0.3, 0.4) is 0 Å². The lowest BCUT2D eigenvalue weighted by atomic mass is 9.88. The van der Waals surface area contributed by atoms with Crippen molar-refractivity contribution in [2.24, 2.45) is 5.18 Å². The highest BCUT2D eigenvalue weighted by molar-refractivity contribution is 5.99. The van der Waals surface area contributed by atoms with Crippen molar-refractivity contribution in [1.82, 2.24) is 0 Å². The van der Waals surface area contributed by atoms with Gasteiger partial charge in [-0.2, -0.15) is 0 Å². The molecule has 3 aromatic rings. The summed E-state index contributed by atoms with van der Waals surface area (Å²) in [6.45, 7) is 7.76. The van der Waals surface area contributed by atoms with Crippen LogP contribution in [0.5, 0.6) is 5.75 Å². The Labute approximate surface area is 188 Å². The summed E-state index contributed by atoms with van der Waals surface area (Å²) >= 11 is 0. The number of carbonyl (C=O) groups excluding carboxylic acids is 1. The highest BCUT2D eigenvalue weighted by Crippen LogP contribution is 2.35. The molecular formula is C28H25NO3. The van der Waals surface area contributed by atoms with Crippen LogP contribution in [-0.4, -0.2) is 5.91 Å². The second-order valence-electron chi connectivity index (χ2n) is 7.29. The van der Waals surface area contributed by atoms with Gasteiger partial charge in [0.1, 0.15) is 5.75 Å². The van der Waals surface area contributed by atoms with Gasteiger partial charge in [0.15, 0.2) is 0 Å². The fraction of sp³-hybridized carbons (Fsp3) is 0.107. The first kappa shape index (κ1) is 22.6. The van der Waals surface area contributed by atoms with Gasteiger partial charge >= 0.3 is 5.91 Å². The molecule has 0 fully saturated rings. The summed E-state index contributed by atoms with van der Waals surface area (Å²) < 4.78 is 5.62. The van der Waals surface area contributed by atoms with Crippen LogP contribution >= 0.6 is 0 Å². The third-order valence-electron chi connectivity index (χ3n) is 4.92. The Morgan fingerprint density at radius 3 is 2.03 bits per heavy atom. The maximum atomic E-state index is 11.1. The third-order valence-corrected chi connectivity index (χ3v) is 4.92. The van der Waals surface area contributed by atoms with E-state index in [-0.39, 0.29) is 0 Å². The maximum Gasteiger partial charge on any atom is 0.309 e. The topological polar surface area (TPSA) is 55.7 Å². The number of carbonyl (C=O) groups is 1. The lowest BCUT2D eigenvalue weighted by Crippen LogP contribution is -1.96. The normalized spacial score (nSPS) is 11.7. The minimum absolute atomic E-state index is 0.638. The molecule has 3 aromatic carbocycles. The molecule has 0 saturated carbocycles. The first-order valence-electron chi connectivity index (χ1n) is 10.4. The van der Waals surface area contributed by atoms with E-state index >= 15 is 0 Å². The van der Waals surface area contributed by atoms with Gasteiger partial charge < -0.3 is 4.74 Å². The third kappa shape index (κ3) is 5.76. The summed E-state index contributed by atoms with van der Waals surface area (Å²) in [6, 6.07) is 26.2. The van der Waals surface area contributed by atoms with E-state index < -0.39 is 5.91 Å². The van der Waals surface area contributed by atoms with Crippen molar-refractivity contribution in [2.45, 2.75) is 20.3 Å². The molecule has 0 aliphatic heterocycles. The lowest BCUT2D eigenvalue weighted by Gasteiger charge is -2.17. The molecule has 160 valence electrons. The van der Waals surface area contributed by atoms with Gasteiger partial charge in [0, 0.05) is 11.3 Å². The molecule has 0 spiro atoms. The van der Waals surface area contributed by atoms with Crippen LogP contribution in [0.2, 0.25) is 0 Å². The van der Waals surface area contributed by atoms with Crippen molar-refractivity contribution in [3.63, 3.8) is 0 Å². The molecular weight excluding hydrogens is 398 g/mol. The second-order valence-corrected chi connectivity index (χ2v) is 7.29. The average Bonchev–Trinajstić information content (AvgIpc) is 2.82. The van der Waals surface area contributed by atoms with E-state index in [9.17, 15) is 9.70 Å². The zero-order chi connectivity index (χ0) is 22.9. The van der Waals surface area contributed by atoms with Crippen LogP contribution in [0.15, 0.2) is 102 Å². The molecule has 0 aliphatic rings. The van der Waals surface area contributed by atoms with E-state index in [1.807, 2.05) is 61.5 Å². The van der Waals surface area contributed by atoms with Gasteiger partial charge in [-0.25, -0.2) is 0 Å². The maximum absolute atomic E-state index is 11.1. The van der Waals surface area contributed by atoms with Gasteiger partial charge in [-0.1, -0.05) is 80.2 Å². The summed E-state index contributed by atoms with van der Waals surface area (Å²) in [5.74, 6) is 0.579. The summed E-state index contributed by atoms with van der Waals surface area (Å²) in [4.78, 5) is 21.4. The van der Waals surface area contributed by atoms with Gasteiger partial charge in [-0.3, -0.25) is 4.79 Å². The fourth-order valence-electron chi connectivity index (χ4n) is 3.53. The van der Waals surface area contributed by atoms with Crippen molar-refractivity contribution in [3.05, 3.63) is 124 Å². The quantitative estimate of drug-likeness (QED) is 0.166. The second kappa shape index (κ2) is 10.8. The van der Waals surface area contributed by atoms with Crippen LogP contribution in [0.4, 0.5) is 0 Å². The molecule has 4 heteroatoms. The standard InChI is InChI=1S/C28H25NO3/c1-4-26(22-8-6-5-7-9-22)28(24-15-17-25(18-16-24)32-20(2)3)23-13-10-21(11-14-23)12-19-27(30)29-31/h5-19H,2,4H2,1,3H3/b19-12+,28-26-. The van der Waals surface area contributed by atoms with Gasteiger partial charge in [-0.05, 0) is 65.0 Å². The van der Waals surface area contributed by atoms with E-state index in [1.165, 1.54) is 17.2 Å². The monoisotopic (exact) mass is 423 g/mol. The van der Waals surface area contributed by atoms with Gasteiger partial charge in [0.05, 0.1) is 5.76 Å². The van der Waals surface area contributed by atoms with E-state index in [2.05, 4.69) is 42.9 Å². The van der Waals surface area contributed by atoms with Crippen molar-refractivity contribution in [1.29, 1.82) is 0 Å². The van der Waals surface area contributed by atoms with Gasteiger partial charge in [0.25, 0.3) is 0 Å². The Bertz CT molecular complexity index is 1160. The molecule has 0 atom stereocenters. The highest BCUT2D eigenvalue weighted by Gasteiger charge is 2.13.